The number of guanidine groups is 1. The van der Waals surface area contributed by atoms with Gasteiger partial charge in [-0.2, -0.15) is 4.98 Å². The van der Waals surface area contributed by atoms with Crippen LogP contribution in [0.3, 0.4) is 0 Å². The van der Waals surface area contributed by atoms with Gasteiger partial charge < -0.3 is 15.2 Å². The van der Waals surface area contributed by atoms with Crippen LogP contribution >= 0.6 is 0 Å². The number of aromatic nitrogens is 2. The van der Waals surface area contributed by atoms with Crippen molar-refractivity contribution in [3.63, 3.8) is 0 Å². The van der Waals surface area contributed by atoms with Crippen molar-refractivity contribution in [1.82, 2.24) is 25.7 Å². The predicted molar refractivity (Wildman–Crippen MR) is 110 cm³/mol. The van der Waals surface area contributed by atoms with Gasteiger partial charge in [0.15, 0.2) is 11.8 Å². The molecule has 1 saturated carbocycles. The number of carbonyl (C=O) groups excluding carboxylic acids is 2. The summed E-state index contributed by atoms with van der Waals surface area (Å²) in [5.41, 5.74) is 0. The normalized spacial score (nSPS) is 27.3. The van der Waals surface area contributed by atoms with E-state index in [1.165, 1.54) is 4.90 Å². The molecule has 0 spiro atoms. The molecule has 4 unspecified atom stereocenters. The summed E-state index contributed by atoms with van der Waals surface area (Å²) in [5.74, 6) is 2.37. The molecule has 162 valence electrons. The second kappa shape index (κ2) is 8.97. The molecule has 9 heteroatoms. The van der Waals surface area contributed by atoms with Gasteiger partial charge in [-0.05, 0) is 44.9 Å². The summed E-state index contributed by atoms with van der Waals surface area (Å²) < 4.78 is 5.11. The van der Waals surface area contributed by atoms with Crippen LogP contribution in [-0.4, -0.2) is 59.0 Å². The van der Waals surface area contributed by atoms with Gasteiger partial charge in [-0.3, -0.25) is 19.5 Å². The summed E-state index contributed by atoms with van der Waals surface area (Å²) in [6.45, 7) is 6.31. The van der Waals surface area contributed by atoms with Crippen LogP contribution in [0.2, 0.25) is 0 Å². The van der Waals surface area contributed by atoms with Crippen LogP contribution in [0.4, 0.5) is 0 Å². The number of fused-ring (bicyclic) bond motifs is 5. The zero-order valence-corrected chi connectivity index (χ0v) is 17.6. The second-order valence-corrected chi connectivity index (χ2v) is 8.21. The molecular weight excluding hydrogens is 384 g/mol. The molecule has 1 aromatic rings. The van der Waals surface area contributed by atoms with Crippen LogP contribution in [0.1, 0.15) is 37.9 Å². The van der Waals surface area contributed by atoms with Crippen LogP contribution in [0, 0.1) is 30.6 Å². The largest absolute Gasteiger partial charge is 0.357 e. The molecule has 0 aromatic carbocycles. The molecule has 2 N–H and O–H groups in total. The van der Waals surface area contributed by atoms with E-state index in [9.17, 15) is 9.59 Å². The zero-order chi connectivity index (χ0) is 21.1. The van der Waals surface area contributed by atoms with Crippen molar-refractivity contribution >= 4 is 17.8 Å². The molecule has 2 aliphatic carbocycles. The van der Waals surface area contributed by atoms with Gasteiger partial charge in [0.2, 0.25) is 17.7 Å². The van der Waals surface area contributed by atoms with Crippen LogP contribution in [0.15, 0.2) is 21.7 Å². The highest BCUT2D eigenvalue weighted by atomic mass is 16.5. The van der Waals surface area contributed by atoms with Gasteiger partial charge in [0.25, 0.3) is 0 Å². The molecule has 9 nitrogen and oxygen atoms in total. The molecule has 1 saturated heterocycles. The third-order valence-electron chi connectivity index (χ3n) is 6.15. The number of imide groups is 1. The van der Waals surface area contributed by atoms with E-state index in [1.54, 1.807) is 6.92 Å². The standard InChI is InChI=1S/C21H30N6O3/c1-3-22-21(23-9-4-6-16-25-13(2)26-30-16)24-10-5-11-27-19(28)17-14-7-8-15(12-14)18(17)20(27)29/h7-8,14-15,17-18H,3-6,9-12H2,1-2H3,(H2,22,23,24). The fourth-order valence-electron chi connectivity index (χ4n) is 4.83. The van der Waals surface area contributed by atoms with E-state index < -0.39 is 0 Å². The van der Waals surface area contributed by atoms with Gasteiger partial charge in [0.05, 0.1) is 11.8 Å². The Kier molecular flexibility index (Phi) is 6.15. The van der Waals surface area contributed by atoms with E-state index in [0.717, 1.165) is 31.9 Å². The van der Waals surface area contributed by atoms with Crippen molar-refractivity contribution in [2.75, 3.05) is 26.2 Å². The average molecular weight is 415 g/mol. The maximum Gasteiger partial charge on any atom is 0.233 e. The molecule has 30 heavy (non-hydrogen) atoms. The minimum absolute atomic E-state index is 0.0205. The predicted octanol–water partition coefficient (Wildman–Crippen LogP) is 1.06. The van der Waals surface area contributed by atoms with E-state index in [0.29, 0.717) is 37.6 Å². The lowest BCUT2D eigenvalue weighted by Gasteiger charge is -2.17. The molecule has 1 aromatic heterocycles. The van der Waals surface area contributed by atoms with Gasteiger partial charge in [0, 0.05) is 32.6 Å². The monoisotopic (exact) mass is 414 g/mol. The Labute approximate surface area is 176 Å². The number of hydrogen-bond donors (Lipinski definition) is 2. The lowest BCUT2D eigenvalue weighted by Crippen LogP contribution is -2.38. The van der Waals surface area contributed by atoms with Gasteiger partial charge in [-0.1, -0.05) is 17.3 Å². The average Bonchev–Trinajstić information content (AvgIpc) is 3.49. The summed E-state index contributed by atoms with van der Waals surface area (Å²) in [5, 5.41) is 10.3. The van der Waals surface area contributed by atoms with Crippen LogP contribution in [0.25, 0.3) is 0 Å². The van der Waals surface area contributed by atoms with Crippen LogP contribution in [-0.2, 0) is 16.0 Å². The van der Waals surface area contributed by atoms with E-state index in [-0.39, 0.29) is 35.5 Å². The Morgan fingerprint density at radius 3 is 2.57 bits per heavy atom. The molecule has 2 amide bonds. The Hall–Kier alpha value is -2.71. The smallest absolute Gasteiger partial charge is 0.233 e. The summed E-state index contributed by atoms with van der Waals surface area (Å²) in [4.78, 5) is 35.6. The SMILES string of the molecule is CCNC(=NCCCN1C(=O)C2C3C=CC(C3)C2C1=O)NCCCc1nc(C)no1. The molecule has 2 fully saturated rings. The van der Waals surface area contributed by atoms with Gasteiger partial charge in [0.1, 0.15) is 0 Å². The first-order valence-electron chi connectivity index (χ1n) is 10.9. The van der Waals surface area contributed by atoms with E-state index in [1.807, 2.05) is 6.92 Å². The number of likely N-dealkylation sites (tertiary alicyclic amines) is 1. The number of aryl methyl sites for hydroxylation is 2. The molecule has 2 bridgehead atoms. The first-order chi connectivity index (χ1) is 14.6. The number of allylic oxidation sites excluding steroid dienone is 2. The van der Waals surface area contributed by atoms with Crippen molar-refractivity contribution in [2.24, 2.45) is 28.7 Å². The number of nitrogens with zero attached hydrogens (tertiary/aromatic N) is 4. The van der Waals surface area contributed by atoms with Gasteiger partial charge >= 0.3 is 0 Å². The van der Waals surface area contributed by atoms with Crippen molar-refractivity contribution in [3.05, 3.63) is 23.9 Å². The quantitative estimate of drug-likeness (QED) is 0.204. The van der Waals surface area contributed by atoms with Crippen LogP contribution in [0.5, 0.6) is 0 Å². The molecule has 3 aliphatic rings. The Bertz CT molecular complexity index is 818. The highest BCUT2D eigenvalue weighted by molar-refractivity contribution is 6.06. The highest BCUT2D eigenvalue weighted by Crippen LogP contribution is 2.52. The Morgan fingerprint density at radius 2 is 1.93 bits per heavy atom. The topological polar surface area (TPSA) is 113 Å². The third kappa shape index (κ3) is 4.11. The third-order valence-corrected chi connectivity index (χ3v) is 6.15. The maximum atomic E-state index is 12.7. The van der Waals surface area contributed by atoms with Crippen molar-refractivity contribution in [3.8, 4) is 0 Å². The van der Waals surface area contributed by atoms with E-state index in [2.05, 4.69) is 37.9 Å². The molecule has 0 radical (unpaired) electrons. The first-order valence-corrected chi connectivity index (χ1v) is 10.9. The first kappa shape index (κ1) is 20.6. The summed E-state index contributed by atoms with van der Waals surface area (Å²) in [6.07, 6.45) is 7.44. The van der Waals surface area contributed by atoms with E-state index in [4.69, 9.17) is 4.52 Å². The summed E-state index contributed by atoms with van der Waals surface area (Å²) >= 11 is 0. The number of rotatable bonds is 9. The van der Waals surface area contributed by atoms with Crippen molar-refractivity contribution in [1.29, 1.82) is 0 Å². The minimum Gasteiger partial charge on any atom is -0.357 e. The fourth-order valence-corrected chi connectivity index (χ4v) is 4.83. The Morgan fingerprint density at radius 1 is 1.20 bits per heavy atom. The van der Waals surface area contributed by atoms with Gasteiger partial charge in [-0.15, -0.1) is 0 Å². The number of nitrogens with one attached hydrogen (secondary N) is 2. The molecule has 4 rings (SSSR count). The molecular formula is C21H30N6O3. The second-order valence-electron chi connectivity index (χ2n) is 8.21. The molecule has 1 aliphatic heterocycles. The van der Waals surface area contributed by atoms with Gasteiger partial charge in [-0.25, -0.2) is 0 Å². The highest BCUT2D eigenvalue weighted by Gasteiger charge is 2.58. The molecule has 4 atom stereocenters. The lowest BCUT2D eigenvalue weighted by atomic mass is 9.85. The minimum atomic E-state index is -0.113. The summed E-state index contributed by atoms with van der Waals surface area (Å²) in [7, 11) is 0. The number of aliphatic imine (C=N–C) groups is 1. The maximum absolute atomic E-state index is 12.7. The van der Waals surface area contributed by atoms with Crippen molar-refractivity contribution < 1.29 is 14.1 Å². The number of hydrogen-bond acceptors (Lipinski definition) is 6. The Balaban J connectivity index is 1.20. The summed E-state index contributed by atoms with van der Waals surface area (Å²) in [6, 6.07) is 0. The number of amides is 2. The van der Waals surface area contributed by atoms with E-state index >= 15 is 0 Å². The van der Waals surface area contributed by atoms with Crippen molar-refractivity contribution in [2.45, 2.75) is 39.5 Å². The molecule has 2 heterocycles. The number of carbonyl (C=O) groups is 2. The van der Waals surface area contributed by atoms with Crippen LogP contribution < -0.4 is 10.6 Å². The lowest BCUT2D eigenvalue weighted by molar-refractivity contribution is -0.140. The fraction of sp³-hybridized carbons (Fsp3) is 0.667. The zero-order valence-electron chi connectivity index (χ0n) is 17.6.